The summed E-state index contributed by atoms with van der Waals surface area (Å²) in [7, 11) is 0. The molecule has 1 aromatic heterocycles. The molecule has 0 fully saturated rings. The Bertz CT molecular complexity index is 1050. The predicted molar refractivity (Wildman–Crippen MR) is 123 cm³/mol. The first kappa shape index (κ1) is 27.9. The highest BCUT2D eigenvalue weighted by Crippen LogP contribution is 2.06. The van der Waals surface area contributed by atoms with Gasteiger partial charge in [0.15, 0.2) is 0 Å². The van der Waals surface area contributed by atoms with Crippen molar-refractivity contribution in [2.75, 3.05) is 6.61 Å². The standard InChI is InChI=1S/C22H28N6O8/c23-14(8-18(30)31)19(32)26-15(6-12-4-2-1-3-5-12)20(33)28-17(10-29)21(34)27-16(22(35)36)7-13-9-24-11-25-13/h1-5,9,11,14-17,29H,6-8,10,23H2,(H,24,25)(H,26,32)(H,27,34)(H,28,33)(H,30,31)(H,35,36). The third-order valence-electron chi connectivity index (χ3n) is 5.06. The number of aliphatic carboxylic acids is 2. The SMILES string of the molecule is NC(CC(=O)O)C(=O)NC(Cc1ccccc1)C(=O)NC(CO)C(=O)NC(Cc1cnc[nH]1)C(=O)O. The molecule has 9 N–H and O–H groups in total. The molecule has 14 nitrogen and oxygen atoms in total. The smallest absolute Gasteiger partial charge is 0.326 e. The second kappa shape index (κ2) is 13.6. The fraction of sp³-hybridized carbons (Fsp3) is 0.364. The molecule has 0 aliphatic heterocycles. The fourth-order valence-corrected chi connectivity index (χ4v) is 3.17. The molecular weight excluding hydrogens is 476 g/mol. The quantitative estimate of drug-likeness (QED) is 0.135. The summed E-state index contributed by atoms with van der Waals surface area (Å²) in [5.74, 6) is -5.39. The maximum atomic E-state index is 13.0. The van der Waals surface area contributed by atoms with Gasteiger partial charge < -0.3 is 42.0 Å². The van der Waals surface area contributed by atoms with Gasteiger partial charge in [0.1, 0.15) is 18.1 Å². The highest BCUT2D eigenvalue weighted by atomic mass is 16.4. The average Bonchev–Trinajstić information content (AvgIpc) is 3.34. The summed E-state index contributed by atoms with van der Waals surface area (Å²) in [5.41, 5.74) is 6.66. The number of carboxylic acids is 2. The molecule has 2 aromatic rings. The van der Waals surface area contributed by atoms with Crippen molar-refractivity contribution in [3.05, 3.63) is 54.1 Å². The number of hydrogen-bond donors (Lipinski definition) is 8. The van der Waals surface area contributed by atoms with Gasteiger partial charge in [-0.05, 0) is 5.56 Å². The molecule has 194 valence electrons. The Labute approximate surface area is 205 Å². The van der Waals surface area contributed by atoms with Crippen LogP contribution in [0.15, 0.2) is 42.9 Å². The van der Waals surface area contributed by atoms with Crippen molar-refractivity contribution in [2.45, 2.75) is 43.4 Å². The highest BCUT2D eigenvalue weighted by Gasteiger charge is 2.30. The van der Waals surface area contributed by atoms with Crippen LogP contribution >= 0.6 is 0 Å². The summed E-state index contributed by atoms with van der Waals surface area (Å²) in [4.78, 5) is 66.9. The van der Waals surface area contributed by atoms with E-state index in [4.69, 9.17) is 10.8 Å². The Hall–Kier alpha value is -4.30. The number of carbonyl (C=O) groups excluding carboxylic acids is 3. The van der Waals surface area contributed by atoms with Crippen LogP contribution in [-0.4, -0.2) is 85.7 Å². The summed E-state index contributed by atoms with van der Waals surface area (Å²) >= 11 is 0. The number of aromatic amines is 1. The van der Waals surface area contributed by atoms with E-state index in [0.717, 1.165) is 0 Å². The summed E-state index contributed by atoms with van der Waals surface area (Å²) < 4.78 is 0. The van der Waals surface area contributed by atoms with Gasteiger partial charge in [-0.3, -0.25) is 19.2 Å². The van der Waals surface area contributed by atoms with E-state index in [1.807, 2.05) is 0 Å². The number of aliphatic hydroxyl groups is 1. The minimum Gasteiger partial charge on any atom is -0.481 e. The van der Waals surface area contributed by atoms with Crippen LogP contribution < -0.4 is 21.7 Å². The summed E-state index contributed by atoms with van der Waals surface area (Å²) in [6.07, 6.45) is 1.91. The summed E-state index contributed by atoms with van der Waals surface area (Å²) in [5, 5.41) is 34.9. The molecule has 0 spiro atoms. The first-order chi connectivity index (χ1) is 17.1. The number of nitrogens with zero attached hydrogens (tertiary/aromatic N) is 1. The molecule has 14 heteroatoms. The van der Waals surface area contributed by atoms with Crippen LogP contribution in [-0.2, 0) is 36.8 Å². The van der Waals surface area contributed by atoms with Crippen LogP contribution in [0.1, 0.15) is 17.7 Å². The van der Waals surface area contributed by atoms with Gasteiger partial charge in [-0.2, -0.15) is 0 Å². The van der Waals surface area contributed by atoms with Gasteiger partial charge in [-0.25, -0.2) is 9.78 Å². The maximum absolute atomic E-state index is 13.0. The van der Waals surface area contributed by atoms with Gasteiger partial charge in [-0.1, -0.05) is 30.3 Å². The first-order valence-corrected chi connectivity index (χ1v) is 10.8. The third-order valence-corrected chi connectivity index (χ3v) is 5.06. The van der Waals surface area contributed by atoms with Crippen molar-refractivity contribution in [3.63, 3.8) is 0 Å². The molecule has 0 saturated heterocycles. The number of H-pyrrole nitrogens is 1. The molecule has 0 aliphatic carbocycles. The van der Waals surface area contributed by atoms with Crippen LogP contribution in [0.4, 0.5) is 0 Å². The maximum Gasteiger partial charge on any atom is 0.326 e. The Morgan fingerprint density at radius 2 is 1.50 bits per heavy atom. The zero-order chi connectivity index (χ0) is 26.7. The van der Waals surface area contributed by atoms with Gasteiger partial charge in [0.05, 0.1) is 25.4 Å². The number of nitrogens with two attached hydrogens (primary N) is 1. The predicted octanol–water partition coefficient (Wildman–Crippen LogP) is -2.47. The number of aromatic nitrogens is 2. The molecular formula is C22H28N6O8. The minimum atomic E-state index is -1.54. The van der Waals surface area contributed by atoms with Crippen LogP contribution in [0.25, 0.3) is 0 Å². The topological polar surface area (TPSA) is 237 Å². The molecule has 3 amide bonds. The lowest BCUT2D eigenvalue weighted by Crippen LogP contribution is -2.58. The van der Waals surface area contributed by atoms with Crippen molar-refractivity contribution in [3.8, 4) is 0 Å². The first-order valence-electron chi connectivity index (χ1n) is 10.8. The number of aliphatic hydroxyl groups excluding tert-OH is 1. The lowest BCUT2D eigenvalue weighted by molar-refractivity contribution is -0.142. The van der Waals surface area contributed by atoms with Crippen LogP contribution in [0, 0.1) is 0 Å². The molecule has 4 unspecified atom stereocenters. The Morgan fingerprint density at radius 1 is 0.889 bits per heavy atom. The Balaban J connectivity index is 2.12. The van der Waals surface area contributed by atoms with Crippen molar-refractivity contribution in [2.24, 2.45) is 5.73 Å². The van der Waals surface area contributed by atoms with Crippen LogP contribution in [0.3, 0.4) is 0 Å². The van der Waals surface area contributed by atoms with E-state index in [1.165, 1.54) is 12.5 Å². The van der Waals surface area contributed by atoms with Crippen LogP contribution in [0.5, 0.6) is 0 Å². The monoisotopic (exact) mass is 504 g/mol. The Morgan fingerprint density at radius 3 is 2.06 bits per heavy atom. The number of nitrogens with one attached hydrogen (secondary N) is 4. The lowest BCUT2D eigenvalue weighted by atomic mass is 10.0. The van der Waals surface area contributed by atoms with E-state index >= 15 is 0 Å². The normalized spacial score (nSPS) is 14.1. The van der Waals surface area contributed by atoms with Crippen LogP contribution in [0.2, 0.25) is 0 Å². The van der Waals surface area contributed by atoms with E-state index in [0.29, 0.717) is 11.3 Å². The van der Waals surface area contributed by atoms with E-state index in [2.05, 4.69) is 25.9 Å². The number of imidazole rings is 1. The largest absolute Gasteiger partial charge is 0.481 e. The van der Waals surface area contributed by atoms with Crippen molar-refractivity contribution < 1.29 is 39.3 Å². The number of amides is 3. The van der Waals surface area contributed by atoms with E-state index < -0.39 is 66.9 Å². The average molecular weight is 505 g/mol. The lowest BCUT2D eigenvalue weighted by Gasteiger charge is -2.24. The molecule has 0 aliphatic rings. The van der Waals surface area contributed by atoms with E-state index in [9.17, 15) is 34.2 Å². The summed E-state index contributed by atoms with van der Waals surface area (Å²) in [6, 6.07) is 2.91. The number of rotatable bonds is 14. The zero-order valence-corrected chi connectivity index (χ0v) is 19.1. The van der Waals surface area contributed by atoms with E-state index in [-0.39, 0.29) is 12.8 Å². The Kier molecular flexibility index (Phi) is 10.5. The summed E-state index contributed by atoms with van der Waals surface area (Å²) in [6.45, 7) is -0.863. The second-order valence-electron chi connectivity index (χ2n) is 7.88. The van der Waals surface area contributed by atoms with Gasteiger partial charge in [0.2, 0.25) is 17.7 Å². The van der Waals surface area contributed by atoms with Gasteiger partial charge in [-0.15, -0.1) is 0 Å². The third kappa shape index (κ3) is 8.81. The molecule has 1 aromatic carbocycles. The molecule has 36 heavy (non-hydrogen) atoms. The second-order valence-corrected chi connectivity index (χ2v) is 7.88. The van der Waals surface area contributed by atoms with Crippen molar-refractivity contribution in [1.29, 1.82) is 0 Å². The molecule has 0 bridgehead atoms. The zero-order valence-electron chi connectivity index (χ0n) is 19.1. The molecule has 1 heterocycles. The van der Waals surface area contributed by atoms with Crippen molar-refractivity contribution >= 4 is 29.7 Å². The molecule has 0 saturated carbocycles. The highest BCUT2D eigenvalue weighted by molar-refractivity contribution is 5.95. The molecule has 2 rings (SSSR count). The number of carboxylic acid groups (broad SMARTS) is 2. The fourth-order valence-electron chi connectivity index (χ4n) is 3.17. The van der Waals surface area contributed by atoms with E-state index in [1.54, 1.807) is 30.3 Å². The number of hydrogen-bond acceptors (Lipinski definition) is 8. The van der Waals surface area contributed by atoms with Crippen molar-refractivity contribution in [1.82, 2.24) is 25.9 Å². The van der Waals surface area contributed by atoms with Gasteiger partial charge >= 0.3 is 11.9 Å². The van der Waals surface area contributed by atoms with Gasteiger partial charge in [0, 0.05) is 24.7 Å². The minimum absolute atomic E-state index is 0.0322. The van der Waals surface area contributed by atoms with Gasteiger partial charge in [0.25, 0.3) is 0 Å². The molecule has 4 atom stereocenters. The number of benzene rings is 1. The number of carbonyl (C=O) groups is 5. The molecule has 0 radical (unpaired) electrons.